The fourth-order valence-electron chi connectivity index (χ4n) is 3.55. The lowest BCUT2D eigenvalue weighted by molar-refractivity contribution is 0.403. The molecule has 0 aromatic heterocycles. The standard InChI is InChI=1S/C17H35P.C2H3N/c1-4-7-12-17(13-8-5-2)14-10-11-16-18(17)15-9-6-3;1-2-3/h4-16H2,1-3H3;1H3. The molecule has 1 heterocycles. The van der Waals surface area contributed by atoms with E-state index in [0.29, 0.717) is 7.92 Å². The summed E-state index contributed by atoms with van der Waals surface area (Å²) in [7, 11) is 0.351. The van der Waals surface area contributed by atoms with Gasteiger partial charge in [0.2, 0.25) is 0 Å². The van der Waals surface area contributed by atoms with Crippen molar-refractivity contribution in [3.8, 4) is 6.07 Å². The predicted octanol–water partition coefficient (Wildman–Crippen LogP) is 7.10. The molecule has 124 valence electrons. The molecule has 0 radical (unpaired) electrons. The summed E-state index contributed by atoms with van der Waals surface area (Å²) in [6, 6.07) is 1.75. The number of hydrogen-bond acceptors (Lipinski definition) is 1. The van der Waals surface area contributed by atoms with Gasteiger partial charge in [0.15, 0.2) is 0 Å². The van der Waals surface area contributed by atoms with Gasteiger partial charge in [0.05, 0.1) is 6.07 Å². The Kier molecular flexibility index (Phi) is 13.5. The van der Waals surface area contributed by atoms with E-state index in [1.54, 1.807) is 37.7 Å². The minimum atomic E-state index is 0.351. The van der Waals surface area contributed by atoms with Gasteiger partial charge in [-0.05, 0) is 49.6 Å². The van der Waals surface area contributed by atoms with E-state index in [2.05, 4.69) is 20.8 Å². The van der Waals surface area contributed by atoms with Gasteiger partial charge in [0.25, 0.3) is 0 Å². The normalized spacial score (nSPS) is 20.2. The van der Waals surface area contributed by atoms with Crippen LogP contribution in [0, 0.1) is 11.3 Å². The summed E-state index contributed by atoms with van der Waals surface area (Å²) in [5.41, 5.74) is 0. The van der Waals surface area contributed by atoms with Crippen molar-refractivity contribution < 1.29 is 0 Å². The van der Waals surface area contributed by atoms with E-state index in [-0.39, 0.29) is 0 Å². The van der Waals surface area contributed by atoms with Gasteiger partial charge in [-0.1, -0.05) is 59.3 Å². The van der Waals surface area contributed by atoms with Gasteiger partial charge in [-0.25, -0.2) is 0 Å². The van der Waals surface area contributed by atoms with Crippen LogP contribution in [0.4, 0.5) is 0 Å². The van der Waals surface area contributed by atoms with Crippen molar-refractivity contribution in [3.05, 3.63) is 0 Å². The van der Waals surface area contributed by atoms with Crippen LogP contribution in [0.1, 0.15) is 98.3 Å². The van der Waals surface area contributed by atoms with Crippen LogP contribution >= 0.6 is 7.92 Å². The van der Waals surface area contributed by atoms with Crippen LogP contribution < -0.4 is 0 Å². The summed E-state index contributed by atoms with van der Waals surface area (Å²) in [5, 5.41) is 8.13. The van der Waals surface area contributed by atoms with Gasteiger partial charge in [-0.2, -0.15) is 5.26 Å². The molecule has 1 saturated heterocycles. The zero-order valence-corrected chi connectivity index (χ0v) is 16.0. The fraction of sp³-hybridized carbons (Fsp3) is 0.947. The number of rotatable bonds is 9. The van der Waals surface area contributed by atoms with Crippen LogP contribution in [-0.2, 0) is 0 Å². The third-order valence-corrected chi connectivity index (χ3v) is 8.49. The van der Waals surface area contributed by atoms with Crippen molar-refractivity contribution in [2.45, 2.75) is 103 Å². The summed E-state index contributed by atoms with van der Waals surface area (Å²) < 4.78 is 0. The summed E-state index contributed by atoms with van der Waals surface area (Å²) >= 11 is 0. The van der Waals surface area contributed by atoms with Crippen LogP contribution in [0.25, 0.3) is 0 Å². The Morgan fingerprint density at radius 3 is 1.95 bits per heavy atom. The second kappa shape index (κ2) is 13.6. The maximum absolute atomic E-state index is 7.32. The topological polar surface area (TPSA) is 23.8 Å². The summed E-state index contributed by atoms with van der Waals surface area (Å²) in [5.74, 6) is 0. The second-order valence-corrected chi connectivity index (χ2v) is 9.38. The Morgan fingerprint density at radius 1 is 0.952 bits per heavy atom. The Hall–Kier alpha value is -0.0800. The molecule has 0 spiro atoms. The lowest BCUT2D eigenvalue weighted by Gasteiger charge is -2.46. The van der Waals surface area contributed by atoms with Gasteiger partial charge >= 0.3 is 0 Å². The zero-order chi connectivity index (χ0) is 16.0. The molecule has 1 aliphatic rings. The Balaban J connectivity index is 0.00000122. The molecule has 0 aliphatic carbocycles. The molecular weight excluding hydrogens is 273 g/mol. The summed E-state index contributed by atoms with van der Waals surface area (Å²) in [6.45, 7) is 8.52. The molecule has 1 atom stereocenters. The van der Waals surface area contributed by atoms with Crippen LogP contribution in [0.5, 0.6) is 0 Å². The minimum absolute atomic E-state index is 0.351. The van der Waals surface area contributed by atoms with Crippen molar-refractivity contribution in [1.29, 1.82) is 5.26 Å². The third-order valence-electron chi connectivity index (χ3n) is 4.76. The molecule has 0 amide bonds. The van der Waals surface area contributed by atoms with E-state index in [1.165, 1.54) is 58.3 Å². The van der Waals surface area contributed by atoms with E-state index in [4.69, 9.17) is 5.26 Å². The number of unbranched alkanes of at least 4 members (excludes halogenated alkanes) is 3. The van der Waals surface area contributed by atoms with Gasteiger partial charge in [-0.3, -0.25) is 0 Å². The number of nitriles is 1. The van der Waals surface area contributed by atoms with E-state index in [9.17, 15) is 0 Å². The highest BCUT2D eigenvalue weighted by atomic mass is 31.1. The summed E-state index contributed by atoms with van der Waals surface area (Å²) in [4.78, 5) is 0. The minimum Gasteiger partial charge on any atom is -0.199 e. The Bertz CT molecular complexity index is 261. The summed E-state index contributed by atoms with van der Waals surface area (Å²) in [6.07, 6.45) is 19.6. The van der Waals surface area contributed by atoms with Crippen LogP contribution in [0.2, 0.25) is 0 Å². The Morgan fingerprint density at radius 2 is 1.48 bits per heavy atom. The first-order chi connectivity index (χ1) is 10.2. The van der Waals surface area contributed by atoms with Crippen LogP contribution in [-0.4, -0.2) is 17.5 Å². The molecule has 2 heteroatoms. The van der Waals surface area contributed by atoms with Crippen LogP contribution in [0.3, 0.4) is 0 Å². The SMILES string of the molecule is CC#N.CCCCP1CCCCC1(CCCC)CCCC. The lowest BCUT2D eigenvalue weighted by atomic mass is 9.89. The second-order valence-electron chi connectivity index (χ2n) is 6.45. The first kappa shape index (κ1) is 20.9. The van der Waals surface area contributed by atoms with E-state index in [0.717, 1.165) is 5.16 Å². The van der Waals surface area contributed by atoms with E-state index in [1.807, 2.05) is 0 Å². The quantitative estimate of drug-likeness (QED) is 0.416. The third kappa shape index (κ3) is 8.21. The highest BCUT2D eigenvalue weighted by Gasteiger charge is 2.38. The van der Waals surface area contributed by atoms with Crippen molar-refractivity contribution in [3.63, 3.8) is 0 Å². The van der Waals surface area contributed by atoms with Crippen molar-refractivity contribution >= 4 is 7.92 Å². The predicted molar refractivity (Wildman–Crippen MR) is 98.5 cm³/mol. The smallest absolute Gasteiger partial charge is 0.0587 e. The monoisotopic (exact) mass is 311 g/mol. The molecule has 1 fully saturated rings. The first-order valence-corrected chi connectivity index (χ1v) is 11.0. The van der Waals surface area contributed by atoms with Gasteiger partial charge in [-0.15, -0.1) is 7.92 Å². The molecule has 0 aromatic carbocycles. The molecular formula is C19H38NP. The number of nitrogens with zero attached hydrogens (tertiary/aromatic N) is 1. The maximum atomic E-state index is 7.32. The van der Waals surface area contributed by atoms with E-state index < -0.39 is 0 Å². The van der Waals surface area contributed by atoms with Gasteiger partial charge < -0.3 is 0 Å². The van der Waals surface area contributed by atoms with Gasteiger partial charge in [0, 0.05) is 6.92 Å². The zero-order valence-electron chi connectivity index (χ0n) is 15.1. The lowest BCUT2D eigenvalue weighted by Crippen LogP contribution is -2.32. The van der Waals surface area contributed by atoms with Crippen molar-refractivity contribution in [2.75, 3.05) is 12.3 Å². The fourth-order valence-corrected chi connectivity index (χ4v) is 7.45. The molecule has 0 saturated carbocycles. The molecule has 0 bridgehead atoms. The first-order valence-electron chi connectivity index (χ1n) is 9.26. The highest BCUT2D eigenvalue weighted by molar-refractivity contribution is 7.59. The van der Waals surface area contributed by atoms with Crippen LogP contribution in [0.15, 0.2) is 0 Å². The highest BCUT2D eigenvalue weighted by Crippen LogP contribution is 2.61. The molecule has 21 heavy (non-hydrogen) atoms. The average molecular weight is 311 g/mol. The van der Waals surface area contributed by atoms with E-state index >= 15 is 0 Å². The molecule has 1 aliphatic heterocycles. The van der Waals surface area contributed by atoms with Crippen molar-refractivity contribution in [1.82, 2.24) is 0 Å². The average Bonchev–Trinajstić information content (AvgIpc) is 2.51. The maximum Gasteiger partial charge on any atom is 0.0587 e. The molecule has 1 nitrogen and oxygen atoms in total. The van der Waals surface area contributed by atoms with Gasteiger partial charge in [0.1, 0.15) is 0 Å². The largest absolute Gasteiger partial charge is 0.199 e. The molecule has 1 unspecified atom stereocenters. The number of hydrogen-bond donors (Lipinski definition) is 0. The molecule has 1 rings (SSSR count). The molecule has 0 N–H and O–H groups in total. The van der Waals surface area contributed by atoms with Crippen molar-refractivity contribution in [2.24, 2.45) is 0 Å². The Labute approximate surface area is 135 Å². The molecule has 0 aromatic rings.